The monoisotopic (exact) mass is 362 g/mol. The van der Waals surface area contributed by atoms with Gasteiger partial charge in [-0.15, -0.1) is 11.3 Å². The van der Waals surface area contributed by atoms with Crippen LogP contribution in [0.1, 0.15) is 36.1 Å². The van der Waals surface area contributed by atoms with Crippen molar-refractivity contribution < 1.29 is 4.74 Å². The van der Waals surface area contributed by atoms with Gasteiger partial charge in [-0.2, -0.15) is 0 Å². The lowest BCUT2D eigenvalue weighted by Gasteiger charge is -2.45. The smallest absolute Gasteiger partial charge is 0.191 e. The van der Waals surface area contributed by atoms with E-state index in [0.29, 0.717) is 5.41 Å². The van der Waals surface area contributed by atoms with Crippen molar-refractivity contribution in [2.45, 2.75) is 38.5 Å². The van der Waals surface area contributed by atoms with Gasteiger partial charge in [-0.3, -0.25) is 4.79 Å². The Bertz CT molecular complexity index is 1040. The third kappa shape index (κ3) is 2.49. The van der Waals surface area contributed by atoms with E-state index in [1.807, 2.05) is 29.5 Å². The molecule has 2 aliphatic rings. The summed E-state index contributed by atoms with van der Waals surface area (Å²) in [6.07, 6.45) is 7.34. The van der Waals surface area contributed by atoms with Crippen LogP contribution in [0.25, 0.3) is 21.2 Å². The Morgan fingerprint density at radius 3 is 2.46 bits per heavy atom. The van der Waals surface area contributed by atoms with Crippen molar-refractivity contribution >= 4 is 21.4 Å². The first kappa shape index (κ1) is 16.1. The molecule has 1 aromatic heterocycles. The summed E-state index contributed by atoms with van der Waals surface area (Å²) in [4.78, 5) is 14.4. The molecule has 2 aromatic carbocycles. The first-order chi connectivity index (χ1) is 12.7. The van der Waals surface area contributed by atoms with Crippen molar-refractivity contribution in [3.05, 3.63) is 63.1 Å². The molecule has 0 saturated heterocycles. The summed E-state index contributed by atoms with van der Waals surface area (Å²) in [6.45, 7) is 0. The maximum atomic E-state index is 13.0. The van der Waals surface area contributed by atoms with Gasteiger partial charge >= 0.3 is 0 Å². The second kappa shape index (κ2) is 5.95. The summed E-state index contributed by atoms with van der Waals surface area (Å²) >= 11 is 1.85. The highest BCUT2D eigenvalue weighted by molar-refractivity contribution is 7.18. The van der Waals surface area contributed by atoms with Gasteiger partial charge in [-0.05, 0) is 72.9 Å². The highest BCUT2D eigenvalue weighted by Gasteiger charge is 2.40. The zero-order chi connectivity index (χ0) is 17.7. The fourth-order valence-corrected chi connectivity index (χ4v) is 5.98. The molecule has 2 aliphatic carbocycles. The lowest BCUT2D eigenvalue weighted by Crippen LogP contribution is -2.36. The van der Waals surface area contributed by atoms with E-state index in [1.54, 1.807) is 7.11 Å². The number of ether oxygens (including phenoxy) is 1. The van der Waals surface area contributed by atoms with Gasteiger partial charge in [0, 0.05) is 20.5 Å². The maximum Gasteiger partial charge on any atom is 0.191 e. The van der Waals surface area contributed by atoms with E-state index in [2.05, 4.69) is 24.3 Å². The van der Waals surface area contributed by atoms with Crippen LogP contribution in [-0.2, 0) is 12.8 Å². The van der Waals surface area contributed by atoms with Crippen LogP contribution < -0.4 is 10.2 Å². The van der Waals surface area contributed by atoms with Gasteiger partial charge in [0.25, 0.3) is 0 Å². The molecule has 0 aliphatic heterocycles. The van der Waals surface area contributed by atoms with E-state index in [1.165, 1.54) is 30.6 Å². The molecule has 132 valence electrons. The van der Waals surface area contributed by atoms with E-state index < -0.39 is 0 Å². The van der Waals surface area contributed by atoms with Crippen molar-refractivity contribution in [1.29, 1.82) is 0 Å². The first-order valence-corrected chi connectivity index (χ1v) is 10.2. The summed E-state index contributed by atoms with van der Waals surface area (Å²) in [5.74, 6) is 0.860. The molecule has 0 amide bonds. The Kier molecular flexibility index (Phi) is 3.68. The molecule has 1 heterocycles. The average Bonchev–Trinajstić information content (AvgIpc) is 2.66. The van der Waals surface area contributed by atoms with Crippen LogP contribution >= 0.6 is 11.3 Å². The van der Waals surface area contributed by atoms with Crippen molar-refractivity contribution in [3.63, 3.8) is 0 Å². The van der Waals surface area contributed by atoms with E-state index in [-0.39, 0.29) is 5.43 Å². The number of methoxy groups -OCH3 is 1. The molecule has 0 atom stereocenters. The number of rotatable bonds is 2. The van der Waals surface area contributed by atoms with Crippen LogP contribution in [0.3, 0.4) is 0 Å². The Hall–Kier alpha value is -2.13. The number of fused-ring (bicyclic) bond motifs is 2. The SMILES string of the molecule is COc1ccc(-c2ccc3c(=O)c4c(sc3c2)CC2(CCC2)CC4)cc1. The Morgan fingerprint density at radius 1 is 1.00 bits per heavy atom. The Balaban J connectivity index is 1.60. The minimum atomic E-state index is 0.268. The van der Waals surface area contributed by atoms with E-state index >= 15 is 0 Å². The van der Waals surface area contributed by atoms with Gasteiger partial charge in [0.2, 0.25) is 0 Å². The van der Waals surface area contributed by atoms with Crippen LogP contribution in [0.15, 0.2) is 47.3 Å². The van der Waals surface area contributed by atoms with Crippen LogP contribution in [0.4, 0.5) is 0 Å². The number of hydrogen-bond acceptors (Lipinski definition) is 3. The third-order valence-corrected chi connectivity index (χ3v) is 7.54. The predicted molar refractivity (Wildman–Crippen MR) is 108 cm³/mol. The zero-order valence-corrected chi connectivity index (χ0v) is 15.8. The molecule has 1 saturated carbocycles. The molecular formula is C23H22O2S. The molecule has 1 spiro atoms. The second-order valence-corrected chi connectivity index (χ2v) is 8.94. The van der Waals surface area contributed by atoms with Crippen LogP contribution in [0, 0.1) is 5.41 Å². The highest BCUT2D eigenvalue weighted by atomic mass is 32.1. The summed E-state index contributed by atoms with van der Waals surface area (Å²) in [7, 11) is 1.68. The Labute approximate surface area is 157 Å². The summed E-state index contributed by atoms with van der Waals surface area (Å²) in [5.41, 5.74) is 4.18. The largest absolute Gasteiger partial charge is 0.497 e. The van der Waals surface area contributed by atoms with Gasteiger partial charge in [0.1, 0.15) is 5.75 Å². The maximum absolute atomic E-state index is 13.0. The minimum absolute atomic E-state index is 0.268. The predicted octanol–water partition coefficient (Wildman–Crippen LogP) is 5.60. The first-order valence-electron chi connectivity index (χ1n) is 9.41. The molecule has 0 unspecified atom stereocenters. The van der Waals surface area contributed by atoms with E-state index in [9.17, 15) is 4.79 Å². The van der Waals surface area contributed by atoms with Gasteiger partial charge in [-0.1, -0.05) is 24.6 Å². The van der Waals surface area contributed by atoms with Crippen LogP contribution in [0.2, 0.25) is 0 Å². The van der Waals surface area contributed by atoms with Crippen LogP contribution in [-0.4, -0.2) is 7.11 Å². The molecule has 0 N–H and O–H groups in total. The summed E-state index contributed by atoms with van der Waals surface area (Å²) < 4.78 is 6.37. The molecular weight excluding hydrogens is 340 g/mol. The quantitative estimate of drug-likeness (QED) is 0.593. The fraction of sp³-hybridized carbons (Fsp3) is 0.348. The fourth-order valence-electron chi connectivity index (χ4n) is 4.56. The molecule has 0 radical (unpaired) electrons. The van der Waals surface area contributed by atoms with Gasteiger partial charge in [0.15, 0.2) is 5.43 Å². The summed E-state index contributed by atoms with van der Waals surface area (Å²) in [5, 5.41) is 0.885. The van der Waals surface area contributed by atoms with E-state index in [4.69, 9.17) is 4.74 Å². The normalized spacial score (nSPS) is 17.7. The topological polar surface area (TPSA) is 26.3 Å². The van der Waals surface area contributed by atoms with Gasteiger partial charge < -0.3 is 4.74 Å². The number of benzene rings is 2. The van der Waals surface area contributed by atoms with Crippen molar-refractivity contribution in [2.75, 3.05) is 7.11 Å². The second-order valence-electron chi connectivity index (χ2n) is 7.80. The van der Waals surface area contributed by atoms with Crippen molar-refractivity contribution in [1.82, 2.24) is 0 Å². The van der Waals surface area contributed by atoms with Gasteiger partial charge in [0.05, 0.1) is 7.11 Å². The Morgan fingerprint density at radius 2 is 1.77 bits per heavy atom. The standard InChI is InChI=1S/C23H22O2S/c1-25-17-6-3-15(4-7-17)16-5-8-18-20(13-16)26-21-14-23(10-2-11-23)12-9-19(21)22(18)24/h3-8,13H,2,9-12,14H2,1H3. The third-order valence-electron chi connectivity index (χ3n) is 6.35. The summed E-state index contributed by atoms with van der Waals surface area (Å²) in [6, 6.07) is 14.4. The molecule has 3 aromatic rings. The zero-order valence-electron chi connectivity index (χ0n) is 15.0. The minimum Gasteiger partial charge on any atom is -0.497 e. The lowest BCUT2D eigenvalue weighted by atomic mass is 9.61. The number of hydrogen-bond donors (Lipinski definition) is 0. The lowest BCUT2D eigenvalue weighted by molar-refractivity contribution is 0.113. The molecule has 1 fully saturated rings. The van der Waals surface area contributed by atoms with Gasteiger partial charge in [-0.25, -0.2) is 0 Å². The molecule has 3 heteroatoms. The van der Waals surface area contributed by atoms with E-state index in [0.717, 1.165) is 45.4 Å². The molecule has 2 nitrogen and oxygen atoms in total. The molecule has 0 bridgehead atoms. The van der Waals surface area contributed by atoms with Crippen LogP contribution in [0.5, 0.6) is 5.75 Å². The van der Waals surface area contributed by atoms with Crippen molar-refractivity contribution in [3.8, 4) is 16.9 Å². The molecule has 26 heavy (non-hydrogen) atoms. The van der Waals surface area contributed by atoms with Crippen molar-refractivity contribution in [2.24, 2.45) is 5.41 Å². The molecule has 5 rings (SSSR count). The average molecular weight is 362 g/mol. The highest BCUT2D eigenvalue weighted by Crippen LogP contribution is 2.51.